The zero-order valence-corrected chi connectivity index (χ0v) is 15.7. The fraction of sp³-hybridized carbons (Fsp3) is 0.111. The number of anilines is 1. The molecule has 1 aliphatic heterocycles. The van der Waals surface area contributed by atoms with Crippen molar-refractivity contribution < 1.29 is 9.00 Å². The van der Waals surface area contributed by atoms with Crippen LogP contribution in [-0.2, 0) is 22.3 Å². The fourth-order valence-corrected chi connectivity index (χ4v) is 4.50. The summed E-state index contributed by atoms with van der Waals surface area (Å²) in [4.78, 5) is 12.7. The monoisotopic (exact) mass is 405 g/mol. The zero-order chi connectivity index (χ0) is 18.3. The van der Waals surface area contributed by atoms with Gasteiger partial charge < -0.3 is 5.32 Å². The Morgan fingerprint density at radius 2 is 1.81 bits per heavy atom. The van der Waals surface area contributed by atoms with Gasteiger partial charge in [0.05, 0.1) is 22.9 Å². The molecule has 5 nitrogen and oxygen atoms in total. The Bertz CT molecular complexity index is 1050. The molecule has 0 fully saturated rings. The molecule has 0 saturated heterocycles. The maximum atomic E-state index is 12.7. The van der Waals surface area contributed by atoms with Crippen LogP contribution in [-0.4, -0.2) is 19.9 Å². The van der Waals surface area contributed by atoms with E-state index in [1.165, 1.54) is 0 Å². The molecule has 3 aromatic rings. The lowest BCUT2D eigenvalue weighted by molar-refractivity contribution is 0.102. The van der Waals surface area contributed by atoms with Crippen LogP contribution < -0.4 is 5.32 Å². The maximum Gasteiger partial charge on any atom is 0.256 e. The van der Waals surface area contributed by atoms with Gasteiger partial charge in [-0.2, -0.15) is 5.10 Å². The van der Waals surface area contributed by atoms with E-state index in [1.54, 1.807) is 41.1 Å². The van der Waals surface area contributed by atoms with Crippen LogP contribution in [0.3, 0.4) is 0 Å². The average Bonchev–Trinajstić information content (AvgIpc) is 3.12. The molecule has 4 rings (SSSR count). The molecule has 0 spiro atoms. The van der Waals surface area contributed by atoms with E-state index in [0.717, 1.165) is 16.9 Å². The molecule has 1 atom stereocenters. The summed E-state index contributed by atoms with van der Waals surface area (Å²) in [5.74, 6) is 0.943. The van der Waals surface area contributed by atoms with E-state index in [9.17, 15) is 9.00 Å². The Hall–Kier alpha value is -2.15. The molecule has 0 aliphatic carbocycles. The molecule has 0 unspecified atom stereocenters. The number of hydrogen-bond acceptors (Lipinski definition) is 3. The average molecular weight is 406 g/mol. The number of nitrogens with zero attached hydrogens (tertiary/aromatic N) is 2. The summed E-state index contributed by atoms with van der Waals surface area (Å²) in [6.45, 7) is 0. The molecule has 8 heteroatoms. The van der Waals surface area contributed by atoms with Crippen LogP contribution >= 0.6 is 23.2 Å². The van der Waals surface area contributed by atoms with Crippen LogP contribution in [0.25, 0.3) is 5.69 Å². The first kappa shape index (κ1) is 17.3. The van der Waals surface area contributed by atoms with Gasteiger partial charge in [-0.3, -0.25) is 9.00 Å². The minimum absolute atomic E-state index is 0.309. The number of hydrogen-bond donors (Lipinski definition) is 1. The van der Waals surface area contributed by atoms with Gasteiger partial charge in [-0.05, 0) is 36.4 Å². The first-order chi connectivity index (χ1) is 12.5. The normalized spacial score (nSPS) is 15.7. The summed E-state index contributed by atoms with van der Waals surface area (Å²) in [5.41, 5.74) is 2.67. The van der Waals surface area contributed by atoms with Gasteiger partial charge in [-0.15, -0.1) is 0 Å². The summed E-state index contributed by atoms with van der Waals surface area (Å²) >= 11 is 12.1. The smallest absolute Gasteiger partial charge is 0.256 e. The number of rotatable bonds is 3. The Balaban J connectivity index is 1.77. The van der Waals surface area contributed by atoms with Crippen molar-refractivity contribution in [3.05, 3.63) is 75.4 Å². The quantitative estimate of drug-likeness (QED) is 0.710. The van der Waals surface area contributed by atoms with Gasteiger partial charge in [-0.25, -0.2) is 4.68 Å². The minimum atomic E-state index is -1.00. The lowest BCUT2D eigenvalue weighted by Gasteiger charge is -2.11. The van der Waals surface area contributed by atoms with Gasteiger partial charge in [-0.1, -0.05) is 35.3 Å². The van der Waals surface area contributed by atoms with Gasteiger partial charge >= 0.3 is 0 Å². The number of halogens is 2. The molecule has 0 saturated carbocycles. The second-order valence-electron chi connectivity index (χ2n) is 5.86. The lowest BCUT2D eigenvalue weighted by Crippen LogP contribution is -2.16. The third-order valence-electron chi connectivity index (χ3n) is 4.04. The largest absolute Gasteiger partial charge is 0.306 e. The van der Waals surface area contributed by atoms with Crippen LogP contribution in [0.1, 0.15) is 21.6 Å². The number of amides is 1. The van der Waals surface area contributed by atoms with Crippen LogP contribution in [0.2, 0.25) is 10.0 Å². The van der Waals surface area contributed by atoms with Crippen molar-refractivity contribution in [2.24, 2.45) is 0 Å². The molecule has 2 heterocycles. The number of aromatic nitrogens is 2. The second kappa shape index (κ2) is 6.87. The molecule has 1 aromatic heterocycles. The van der Waals surface area contributed by atoms with Crippen LogP contribution in [0.4, 0.5) is 5.82 Å². The molecule has 1 amide bonds. The predicted octanol–water partition coefficient (Wildman–Crippen LogP) is 4.19. The van der Waals surface area contributed by atoms with Crippen molar-refractivity contribution in [3.63, 3.8) is 0 Å². The molecule has 2 aromatic carbocycles. The van der Waals surface area contributed by atoms with Crippen LogP contribution in [0, 0.1) is 0 Å². The topological polar surface area (TPSA) is 64.0 Å². The molecule has 1 N–H and O–H groups in total. The first-order valence-corrected chi connectivity index (χ1v) is 10.0. The van der Waals surface area contributed by atoms with E-state index >= 15 is 0 Å². The SMILES string of the molecule is O=C(Nc1c2c(nn1-c1cccc(Cl)c1)C[S@@](=O)C2)c1cccc(Cl)c1. The van der Waals surface area contributed by atoms with Gasteiger partial charge in [0, 0.05) is 32.0 Å². The number of nitrogens with one attached hydrogen (secondary N) is 1. The molecule has 0 radical (unpaired) electrons. The van der Waals surface area contributed by atoms with E-state index < -0.39 is 10.8 Å². The Morgan fingerprint density at radius 1 is 1.08 bits per heavy atom. The van der Waals surface area contributed by atoms with Gasteiger partial charge in [0.2, 0.25) is 0 Å². The van der Waals surface area contributed by atoms with E-state index in [4.69, 9.17) is 23.2 Å². The van der Waals surface area contributed by atoms with E-state index in [0.29, 0.717) is 32.9 Å². The maximum absolute atomic E-state index is 12.7. The Kier molecular flexibility index (Phi) is 4.56. The lowest BCUT2D eigenvalue weighted by atomic mass is 10.2. The summed E-state index contributed by atoms with van der Waals surface area (Å²) in [6, 6.07) is 13.9. The third kappa shape index (κ3) is 3.28. The van der Waals surface area contributed by atoms with Gasteiger partial charge in [0.25, 0.3) is 5.91 Å². The molecule has 132 valence electrons. The minimum Gasteiger partial charge on any atom is -0.306 e. The summed E-state index contributed by atoms with van der Waals surface area (Å²) < 4.78 is 13.6. The summed E-state index contributed by atoms with van der Waals surface area (Å²) in [7, 11) is -1.00. The molecule has 0 bridgehead atoms. The summed E-state index contributed by atoms with van der Waals surface area (Å²) in [6.07, 6.45) is 0. The molecule has 26 heavy (non-hydrogen) atoms. The number of benzene rings is 2. The van der Waals surface area contributed by atoms with Crippen molar-refractivity contribution in [2.75, 3.05) is 5.32 Å². The first-order valence-electron chi connectivity index (χ1n) is 7.80. The van der Waals surface area contributed by atoms with Crippen molar-refractivity contribution in [1.29, 1.82) is 0 Å². The van der Waals surface area contributed by atoms with Crippen molar-refractivity contribution in [3.8, 4) is 5.69 Å². The van der Waals surface area contributed by atoms with Crippen LogP contribution in [0.5, 0.6) is 0 Å². The van der Waals surface area contributed by atoms with E-state index in [-0.39, 0.29) is 5.91 Å². The summed E-state index contributed by atoms with van der Waals surface area (Å²) in [5, 5.41) is 8.48. The molecule has 1 aliphatic rings. The van der Waals surface area contributed by atoms with Crippen molar-refractivity contribution in [1.82, 2.24) is 9.78 Å². The molecular weight excluding hydrogens is 393 g/mol. The van der Waals surface area contributed by atoms with Crippen molar-refractivity contribution in [2.45, 2.75) is 11.5 Å². The Labute approximate surface area is 162 Å². The zero-order valence-electron chi connectivity index (χ0n) is 13.4. The third-order valence-corrected chi connectivity index (χ3v) is 5.72. The van der Waals surface area contributed by atoms with Crippen LogP contribution in [0.15, 0.2) is 48.5 Å². The number of carbonyl (C=O) groups excluding carboxylic acids is 1. The van der Waals surface area contributed by atoms with E-state index in [1.807, 2.05) is 12.1 Å². The standard InChI is InChI=1S/C18H13Cl2N3O2S/c19-12-4-1-3-11(7-12)18(24)21-17-15-9-26(25)10-16(15)22-23(17)14-6-2-5-13(20)8-14/h1-8H,9-10H2,(H,21,24)/t26-/m0/s1. The fourth-order valence-electron chi connectivity index (χ4n) is 2.86. The highest BCUT2D eigenvalue weighted by molar-refractivity contribution is 7.83. The van der Waals surface area contributed by atoms with Gasteiger partial charge in [0.1, 0.15) is 5.82 Å². The highest BCUT2D eigenvalue weighted by Crippen LogP contribution is 2.32. The Morgan fingerprint density at radius 3 is 2.54 bits per heavy atom. The van der Waals surface area contributed by atoms with E-state index in [2.05, 4.69) is 10.4 Å². The van der Waals surface area contributed by atoms with Gasteiger partial charge in [0.15, 0.2) is 0 Å². The molecular formula is C18H13Cl2N3O2S. The second-order valence-corrected chi connectivity index (χ2v) is 8.19. The predicted molar refractivity (Wildman–Crippen MR) is 104 cm³/mol. The highest BCUT2D eigenvalue weighted by Gasteiger charge is 2.28. The van der Waals surface area contributed by atoms with Crippen molar-refractivity contribution >= 4 is 45.7 Å². The number of fused-ring (bicyclic) bond motifs is 1. The number of carbonyl (C=O) groups is 1. The highest BCUT2D eigenvalue weighted by atomic mass is 35.5.